The van der Waals surface area contributed by atoms with Crippen molar-refractivity contribution in [2.24, 2.45) is 0 Å². The Balaban J connectivity index is 1.90. The van der Waals surface area contributed by atoms with Gasteiger partial charge < -0.3 is 4.43 Å². The van der Waals surface area contributed by atoms with Gasteiger partial charge in [0, 0.05) is 5.56 Å². The highest BCUT2D eigenvalue weighted by Crippen LogP contribution is 2.15. The van der Waals surface area contributed by atoms with Gasteiger partial charge in [-0.3, -0.25) is 0 Å². The molecule has 0 fully saturated rings. The normalized spacial score (nSPS) is 10.5. The zero-order chi connectivity index (χ0) is 16.1. The van der Waals surface area contributed by atoms with Crippen molar-refractivity contribution in [1.29, 1.82) is 0 Å². The molecule has 0 N–H and O–H groups in total. The van der Waals surface area contributed by atoms with Gasteiger partial charge in [0.25, 0.3) is 0 Å². The third-order valence-electron chi connectivity index (χ3n) is 3.67. The molecular weight excluding hydrogens is 296 g/mol. The molecule has 0 aliphatic rings. The first-order chi connectivity index (χ1) is 11.2. The highest BCUT2D eigenvalue weighted by molar-refractivity contribution is 6.80. The molecule has 0 saturated carbocycles. The van der Waals surface area contributed by atoms with Gasteiger partial charge in [-0.1, -0.05) is 97.1 Å². The Kier molecular flexibility index (Phi) is 4.74. The molecule has 0 heterocycles. The van der Waals surface area contributed by atoms with Crippen LogP contribution in [-0.2, 0) is 4.43 Å². The van der Waals surface area contributed by atoms with Crippen molar-refractivity contribution in [1.82, 2.24) is 0 Å². The van der Waals surface area contributed by atoms with Crippen molar-refractivity contribution in [3.8, 4) is 0 Å². The summed E-state index contributed by atoms with van der Waals surface area (Å²) in [6, 6.07) is 29.1. The molecule has 1 radical (unpaired) electrons. The Morgan fingerprint density at radius 2 is 1.22 bits per heavy atom. The Labute approximate surface area is 139 Å². The lowest BCUT2D eigenvalue weighted by Crippen LogP contribution is -2.44. The van der Waals surface area contributed by atoms with Crippen LogP contribution >= 0.6 is 0 Å². The summed E-state index contributed by atoms with van der Waals surface area (Å²) in [5.41, 5.74) is 2.27. The molecule has 23 heavy (non-hydrogen) atoms. The molecule has 0 bridgehead atoms. The van der Waals surface area contributed by atoms with Gasteiger partial charge in [-0.05, 0) is 17.3 Å². The first-order valence-electron chi connectivity index (χ1n) is 7.65. The highest BCUT2D eigenvalue weighted by Gasteiger charge is 2.22. The molecule has 0 saturated heterocycles. The zero-order valence-electron chi connectivity index (χ0n) is 13.2. The van der Waals surface area contributed by atoms with Gasteiger partial charge in [-0.25, -0.2) is 0 Å². The van der Waals surface area contributed by atoms with Crippen LogP contribution in [0.15, 0.2) is 91.5 Å². The van der Waals surface area contributed by atoms with E-state index in [1.54, 1.807) is 0 Å². The first-order valence-corrected chi connectivity index (χ1v) is 9.06. The van der Waals surface area contributed by atoms with Gasteiger partial charge in [-0.15, -0.1) is 0 Å². The van der Waals surface area contributed by atoms with Gasteiger partial charge in [0.15, 0.2) is 0 Å². The molecule has 0 atom stereocenters. The molecule has 3 rings (SSSR count). The second kappa shape index (κ2) is 7.12. The summed E-state index contributed by atoms with van der Waals surface area (Å²) in [5.74, 6) is 0.728. The molecule has 113 valence electrons. The first kappa shape index (κ1) is 15.3. The Hall–Kier alpha value is -2.58. The minimum Gasteiger partial charge on any atom is -0.533 e. The second-order valence-electron chi connectivity index (χ2n) is 5.45. The van der Waals surface area contributed by atoms with Crippen LogP contribution in [0.5, 0.6) is 0 Å². The minimum atomic E-state index is -1.36. The van der Waals surface area contributed by atoms with E-state index in [2.05, 4.69) is 86.3 Å². The van der Waals surface area contributed by atoms with Crippen LogP contribution in [0.1, 0.15) is 11.1 Å². The van der Waals surface area contributed by atoms with Crippen molar-refractivity contribution in [2.45, 2.75) is 6.92 Å². The Bertz CT molecular complexity index is 724. The lowest BCUT2D eigenvalue weighted by Gasteiger charge is -2.19. The van der Waals surface area contributed by atoms with Gasteiger partial charge in [0.05, 0.1) is 0 Å². The van der Waals surface area contributed by atoms with Crippen molar-refractivity contribution in [3.63, 3.8) is 0 Å². The predicted octanol–water partition coefficient (Wildman–Crippen LogP) is 3.79. The highest BCUT2D eigenvalue weighted by atomic mass is 28.3. The van der Waals surface area contributed by atoms with E-state index in [9.17, 15) is 0 Å². The second-order valence-corrected chi connectivity index (χ2v) is 7.47. The molecule has 0 amide bonds. The third-order valence-corrected chi connectivity index (χ3v) is 5.84. The number of aryl methyl sites for hydroxylation is 1. The molecule has 0 unspecified atom stereocenters. The molecule has 2 heteroatoms. The number of hydrogen-bond donors (Lipinski definition) is 0. The fourth-order valence-corrected chi connectivity index (χ4v) is 4.31. The average Bonchev–Trinajstić information content (AvgIpc) is 2.61. The third kappa shape index (κ3) is 3.79. The molecule has 0 aliphatic heterocycles. The van der Waals surface area contributed by atoms with E-state index in [-0.39, 0.29) is 0 Å². The predicted molar refractivity (Wildman–Crippen MR) is 99.2 cm³/mol. The van der Waals surface area contributed by atoms with Gasteiger partial charge >= 0.3 is 9.04 Å². The lowest BCUT2D eigenvalue weighted by atomic mass is 10.1. The molecule has 3 aromatic carbocycles. The maximum atomic E-state index is 6.36. The number of rotatable bonds is 5. The van der Waals surface area contributed by atoms with E-state index in [1.807, 2.05) is 12.1 Å². The molecular formula is C21H19OSi. The summed E-state index contributed by atoms with van der Waals surface area (Å²) in [6.45, 7) is 6.23. The number of hydrogen-bond acceptors (Lipinski definition) is 1. The minimum absolute atomic E-state index is 0.728. The van der Waals surface area contributed by atoms with Crippen LogP contribution in [0.2, 0.25) is 0 Å². The quantitative estimate of drug-likeness (QED) is 0.514. The summed E-state index contributed by atoms with van der Waals surface area (Å²) >= 11 is 0. The summed E-state index contributed by atoms with van der Waals surface area (Å²) in [5, 5.41) is 2.44. The maximum Gasteiger partial charge on any atom is 0.352 e. The average molecular weight is 315 g/mol. The lowest BCUT2D eigenvalue weighted by molar-refractivity contribution is 0.550. The van der Waals surface area contributed by atoms with Crippen LogP contribution in [0.4, 0.5) is 0 Å². The SMILES string of the molecule is C=C(O[Si](c1ccccc1)c1ccccc1)c1ccc(C)cc1. The fraction of sp³-hybridized carbons (Fsp3) is 0.0476. The van der Waals surface area contributed by atoms with E-state index in [1.165, 1.54) is 15.9 Å². The smallest absolute Gasteiger partial charge is 0.352 e. The molecule has 0 aromatic heterocycles. The van der Waals surface area contributed by atoms with Crippen LogP contribution in [-0.4, -0.2) is 9.04 Å². The van der Waals surface area contributed by atoms with Crippen LogP contribution < -0.4 is 10.4 Å². The summed E-state index contributed by atoms with van der Waals surface area (Å²) < 4.78 is 6.36. The molecule has 0 spiro atoms. The number of benzene rings is 3. The van der Waals surface area contributed by atoms with Gasteiger partial charge in [-0.2, -0.15) is 0 Å². The van der Waals surface area contributed by atoms with Crippen LogP contribution in [0.25, 0.3) is 5.76 Å². The van der Waals surface area contributed by atoms with Gasteiger partial charge in [0.2, 0.25) is 0 Å². The monoisotopic (exact) mass is 315 g/mol. The van der Waals surface area contributed by atoms with Crippen LogP contribution in [0, 0.1) is 6.92 Å². The zero-order valence-corrected chi connectivity index (χ0v) is 14.2. The maximum absolute atomic E-state index is 6.36. The van der Waals surface area contributed by atoms with Crippen molar-refractivity contribution in [3.05, 3.63) is 103 Å². The summed E-state index contributed by atoms with van der Waals surface area (Å²) in [6.07, 6.45) is 0. The van der Waals surface area contributed by atoms with E-state index in [0.717, 1.165) is 11.3 Å². The fourth-order valence-electron chi connectivity index (χ4n) is 2.39. The summed E-state index contributed by atoms with van der Waals surface area (Å²) in [7, 11) is -1.36. The molecule has 0 aliphatic carbocycles. The van der Waals surface area contributed by atoms with Crippen LogP contribution in [0.3, 0.4) is 0 Å². The van der Waals surface area contributed by atoms with Crippen molar-refractivity contribution in [2.75, 3.05) is 0 Å². The van der Waals surface area contributed by atoms with Gasteiger partial charge in [0.1, 0.15) is 5.76 Å². The van der Waals surface area contributed by atoms with Crippen molar-refractivity contribution >= 4 is 25.2 Å². The largest absolute Gasteiger partial charge is 0.533 e. The Morgan fingerprint density at radius 1 is 0.739 bits per heavy atom. The van der Waals surface area contributed by atoms with E-state index in [0.29, 0.717) is 0 Å². The van der Waals surface area contributed by atoms with Crippen molar-refractivity contribution < 1.29 is 4.43 Å². The standard InChI is InChI=1S/C21H19OSi/c1-17-13-15-19(16-14-17)18(2)22-23(20-9-5-3-6-10-20)21-11-7-4-8-12-21/h3-16H,2H2,1H3. The van der Waals surface area contributed by atoms with E-state index < -0.39 is 9.04 Å². The molecule has 3 aromatic rings. The van der Waals surface area contributed by atoms with E-state index in [4.69, 9.17) is 4.43 Å². The summed E-state index contributed by atoms with van der Waals surface area (Å²) in [4.78, 5) is 0. The topological polar surface area (TPSA) is 9.23 Å². The Morgan fingerprint density at radius 3 is 1.70 bits per heavy atom. The van der Waals surface area contributed by atoms with E-state index >= 15 is 0 Å². The molecule has 1 nitrogen and oxygen atoms in total.